The Morgan fingerprint density at radius 1 is 1.42 bits per heavy atom. The van der Waals surface area contributed by atoms with Gasteiger partial charge in [0.05, 0.1) is 6.61 Å². The van der Waals surface area contributed by atoms with Crippen molar-refractivity contribution in [1.82, 2.24) is 5.32 Å². The van der Waals surface area contributed by atoms with Crippen molar-refractivity contribution < 1.29 is 19.0 Å². The molecular formula is C13H25NO4P+. The van der Waals surface area contributed by atoms with Gasteiger partial charge in [-0.3, -0.25) is 0 Å². The first-order valence-corrected chi connectivity index (χ1v) is 8.58. The second kappa shape index (κ2) is 9.27. The average Bonchev–Trinajstić information content (AvgIpc) is 2.76. The summed E-state index contributed by atoms with van der Waals surface area (Å²) in [5, 5.41) is 2.90. The third-order valence-electron chi connectivity index (χ3n) is 3.56. The highest BCUT2D eigenvalue weighted by atomic mass is 31.1. The molecule has 0 aromatic heterocycles. The SMILES string of the molecule is CCCCOC(=O)NC1CCC(CCC[P+](=O)O)C1. The highest BCUT2D eigenvalue weighted by Gasteiger charge is 2.26. The minimum atomic E-state index is -1.99. The topological polar surface area (TPSA) is 75.6 Å². The summed E-state index contributed by atoms with van der Waals surface area (Å²) in [6.07, 6.45) is 6.81. The Morgan fingerprint density at radius 3 is 2.89 bits per heavy atom. The molecule has 0 spiro atoms. The zero-order valence-electron chi connectivity index (χ0n) is 11.6. The number of hydrogen-bond donors (Lipinski definition) is 2. The zero-order chi connectivity index (χ0) is 14.1. The van der Waals surface area contributed by atoms with Gasteiger partial charge in [-0.2, -0.15) is 4.89 Å². The van der Waals surface area contributed by atoms with E-state index in [-0.39, 0.29) is 12.1 Å². The van der Waals surface area contributed by atoms with E-state index in [2.05, 4.69) is 12.2 Å². The zero-order valence-corrected chi connectivity index (χ0v) is 12.5. The summed E-state index contributed by atoms with van der Waals surface area (Å²) >= 11 is 0. The van der Waals surface area contributed by atoms with E-state index in [1.807, 2.05) is 0 Å². The van der Waals surface area contributed by atoms with Gasteiger partial charge in [0.25, 0.3) is 0 Å². The maximum atomic E-state index is 11.5. The van der Waals surface area contributed by atoms with Crippen molar-refractivity contribution in [3.63, 3.8) is 0 Å². The van der Waals surface area contributed by atoms with Gasteiger partial charge in [-0.15, -0.1) is 0 Å². The normalized spacial score (nSPS) is 23.2. The monoisotopic (exact) mass is 290 g/mol. The fourth-order valence-corrected chi connectivity index (χ4v) is 2.95. The number of carbonyl (C=O) groups is 1. The van der Waals surface area contributed by atoms with Gasteiger partial charge < -0.3 is 10.1 Å². The van der Waals surface area contributed by atoms with Crippen LogP contribution in [0, 0.1) is 5.92 Å². The Hall–Kier alpha value is -0.670. The van der Waals surface area contributed by atoms with Gasteiger partial charge in [-0.25, -0.2) is 4.79 Å². The lowest BCUT2D eigenvalue weighted by Gasteiger charge is -2.13. The molecule has 3 unspecified atom stereocenters. The van der Waals surface area contributed by atoms with E-state index >= 15 is 0 Å². The minimum Gasteiger partial charge on any atom is -0.450 e. The molecule has 0 saturated heterocycles. The molecule has 5 nitrogen and oxygen atoms in total. The molecule has 3 atom stereocenters. The second-order valence-corrected chi connectivity index (χ2v) is 6.38. The number of alkyl carbamates (subject to hydrolysis) is 1. The molecule has 1 fully saturated rings. The summed E-state index contributed by atoms with van der Waals surface area (Å²) < 4.78 is 15.7. The summed E-state index contributed by atoms with van der Waals surface area (Å²) in [6, 6.07) is 0.210. The van der Waals surface area contributed by atoms with E-state index in [0.717, 1.165) is 44.9 Å². The predicted octanol–water partition coefficient (Wildman–Crippen LogP) is 3.20. The van der Waals surface area contributed by atoms with Crippen LogP contribution in [0.2, 0.25) is 0 Å². The van der Waals surface area contributed by atoms with Crippen LogP contribution >= 0.6 is 8.03 Å². The van der Waals surface area contributed by atoms with Crippen LogP contribution in [0.25, 0.3) is 0 Å². The molecule has 2 N–H and O–H groups in total. The maximum Gasteiger partial charge on any atom is 0.505 e. The first-order valence-electron chi connectivity index (χ1n) is 7.18. The molecule has 1 amide bonds. The number of hydrogen-bond acceptors (Lipinski definition) is 3. The van der Waals surface area contributed by atoms with Crippen LogP contribution in [0.1, 0.15) is 51.9 Å². The fourth-order valence-electron chi connectivity index (χ4n) is 2.50. The van der Waals surface area contributed by atoms with Crippen molar-refractivity contribution in [3.05, 3.63) is 0 Å². The predicted molar refractivity (Wildman–Crippen MR) is 74.4 cm³/mol. The Labute approximate surface area is 116 Å². The lowest BCUT2D eigenvalue weighted by molar-refractivity contribution is 0.140. The van der Waals surface area contributed by atoms with Crippen LogP contribution in [0.4, 0.5) is 4.79 Å². The molecule has 1 aliphatic rings. The van der Waals surface area contributed by atoms with Crippen LogP contribution < -0.4 is 5.32 Å². The number of ether oxygens (including phenoxy) is 1. The van der Waals surface area contributed by atoms with Crippen LogP contribution in [-0.2, 0) is 9.30 Å². The third kappa shape index (κ3) is 7.48. The summed E-state index contributed by atoms with van der Waals surface area (Å²) in [5.41, 5.74) is 0. The molecule has 0 radical (unpaired) electrons. The largest absolute Gasteiger partial charge is 0.505 e. The molecule has 1 aliphatic carbocycles. The van der Waals surface area contributed by atoms with E-state index in [9.17, 15) is 9.36 Å². The first kappa shape index (κ1) is 16.4. The van der Waals surface area contributed by atoms with Gasteiger partial charge in [0.2, 0.25) is 0 Å². The Morgan fingerprint density at radius 2 is 2.21 bits per heavy atom. The maximum absolute atomic E-state index is 11.5. The van der Waals surface area contributed by atoms with E-state index < -0.39 is 8.03 Å². The number of unbranched alkanes of at least 4 members (excludes halogenated alkanes) is 1. The van der Waals surface area contributed by atoms with Crippen LogP contribution in [-0.4, -0.2) is 29.8 Å². The van der Waals surface area contributed by atoms with E-state index in [1.165, 1.54) is 0 Å². The van der Waals surface area contributed by atoms with Crippen molar-refractivity contribution in [2.45, 2.75) is 57.9 Å². The van der Waals surface area contributed by atoms with E-state index in [4.69, 9.17) is 9.63 Å². The first-order chi connectivity index (χ1) is 9.11. The fraction of sp³-hybridized carbons (Fsp3) is 0.923. The Bertz CT molecular complexity index is 298. The molecule has 0 heterocycles. The molecule has 110 valence electrons. The average molecular weight is 290 g/mol. The van der Waals surface area contributed by atoms with Gasteiger partial charge in [0, 0.05) is 6.04 Å². The van der Waals surface area contributed by atoms with Gasteiger partial charge in [-0.05, 0) is 49.0 Å². The van der Waals surface area contributed by atoms with Crippen LogP contribution in [0.5, 0.6) is 0 Å². The van der Waals surface area contributed by atoms with E-state index in [1.54, 1.807) is 0 Å². The van der Waals surface area contributed by atoms with Gasteiger partial charge >= 0.3 is 14.1 Å². The van der Waals surface area contributed by atoms with Crippen LogP contribution in [0.3, 0.4) is 0 Å². The van der Waals surface area contributed by atoms with Gasteiger partial charge in [-0.1, -0.05) is 13.3 Å². The minimum absolute atomic E-state index is 0.210. The Kier molecular flexibility index (Phi) is 7.99. The quantitative estimate of drug-likeness (QED) is 0.531. The second-order valence-electron chi connectivity index (χ2n) is 5.23. The van der Waals surface area contributed by atoms with Crippen LogP contribution in [0.15, 0.2) is 0 Å². The van der Waals surface area contributed by atoms with Crippen molar-refractivity contribution in [3.8, 4) is 0 Å². The standard InChI is InChI=1S/C13H24NO4P/c1-2-3-8-18-13(15)14-12-7-6-11(10-12)5-4-9-19(16)17/h11-12H,2-10H2,1H3,(H-,14,15,16,17)/p+1. The number of amides is 1. The molecule has 1 saturated carbocycles. The Balaban J connectivity index is 2.10. The van der Waals surface area contributed by atoms with Crippen molar-refractivity contribution in [2.24, 2.45) is 5.92 Å². The molecule has 0 bridgehead atoms. The number of nitrogens with one attached hydrogen (secondary N) is 1. The van der Waals surface area contributed by atoms with Crippen molar-refractivity contribution >= 4 is 14.1 Å². The molecule has 1 rings (SSSR count). The third-order valence-corrected chi connectivity index (χ3v) is 4.25. The highest BCUT2D eigenvalue weighted by Crippen LogP contribution is 2.30. The molecule has 19 heavy (non-hydrogen) atoms. The lowest BCUT2D eigenvalue weighted by Crippen LogP contribution is -2.33. The lowest BCUT2D eigenvalue weighted by atomic mass is 10.0. The number of carbonyl (C=O) groups excluding carboxylic acids is 1. The molecular weight excluding hydrogens is 265 g/mol. The summed E-state index contributed by atoms with van der Waals surface area (Å²) in [7, 11) is -1.99. The van der Waals surface area contributed by atoms with Gasteiger partial charge in [0.15, 0.2) is 6.16 Å². The number of rotatable bonds is 8. The highest BCUT2D eigenvalue weighted by molar-refractivity contribution is 7.37. The molecule has 0 aromatic rings. The van der Waals surface area contributed by atoms with Crippen molar-refractivity contribution in [1.29, 1.82) is 0 Å². The smallest absolute Gasteiger partial charge is 0.450 e. The summed E-state index contributed by atoms with van der Waals surface area (Å²) in [5.74, 6) is 0.566. The molecule has 0 aromatic carbocycles. The van der Waals surface area contributed by atoms with Crippen molar-refractivity contribution in [2.75, 3.05) is 12.8 Å². The molecule has 0 aliphatic heterocycles. The van der Waals surface area contributed by atoms with E-state index in [0.29, 0.717) is 18.7 Å². The van der Waals surface area contributed by atoms with Gasteiger partial charge in [0.1, 0.15) is 0 Å². The summed E-state index contributed by atoms with van der Waals surface area (Å²) in [4.78, 5) is 20.2. The summed E-state index contributed by atoms with van der Waals surface area (Å²) in [6.45, 7) is 2.55. The molecule has 6 heteroatoms.